The predicted molar refractivity (Wildman–Crippen MR) is 104 cm³/mol. The van der Waals surface area contributed by atoms with Gasteiger partial charge in [0.05, 0.1) is 19.9 Å². The van der Waals surface area contributed by atoms with Crippen molar-refractivity contribution in [2.75, 3.05) is 14.2 Å². The summed E-state index contributed by atoms with van der Waals surface area (Å²) in [7, 11) is 2.37. The molecule has 0 N–H and O–H groups in total. The highest BCUT2D eigenvalue weighted by Gasteiger charge is 2.32. The second-order valence-electron chi connectivity index (χ2n) is 5.43. The summed E-state index contributed by atoms with van der Waals surface area (Å²) in [6.07, 6.45) is 0. The number of halogens is 2. The largest absolute Gasteiger partial charge is 0.465 e. The fraction of sp³-hybridized carbons (Fsp3) is 0.105. The van der Waals surface area contributed by atoms with Gasteiger partial charge in [-0.3, -0.25) is 0 Å². The summed E-state index contributed by atoms with van der Waals surface area (Å²) in [6, 6.07) is 13.1. The van der Waals surface area contributed by atoms with E-state index in [1.54, 1.807) is 42.5 Å². The van der Waals surface area contributed by atoms with Gasteiger partial charge in [-0.2, -0.15) is 5.10 Å². The molecule has 0 saturated carbocycles. The summed E-state index contributed by atoms with van der Waals surface area (Å²) in [6.45, 7) is 0. The first-order valence-electron chi connectivity index (χ1n) is 7.78. The number of hydrogen-bond donors (Lipinski definition) is 0. The van der Waals surface area contributed by atoms with Gasteiger partial charge in [0.1, 0.15) is 17.1 Å². The molecule has 0 bridgehead atoms. The van der Waals surface area contributed by atoms with Gasteiger partial charge in [0.15, 0.2) is 5.69 Å². The molecule has 0 aliphatic heterocycles. The average molecular weight is 480 g/mol. The zero-order valence-electron chi connectivity index (χ0n) is 14.4. The molecule has 8 heteroatoms. The monoisotopic (exact) mass is 480 g/mol. The van der Waals surface area contributed by atoms with Crippen LogP contribution in [-0.2, 0) is 9.47 Å². The van der Waals surface area contributed by atoms with Crippen molar-refractivity contribution >= 4 is 34.5 Å². The maximum atomic E-state index is 14.5. The second-order valence-corrected chi connectivity index (χ2v) is 6.67. The molecular formula is C19H14FIN2O4. The molecule has 0 fully saturated rings. The van der Waals surface area contributed by atoms with E-state index < -0.39 is 17.8 Å². The Morgan fingerprint density at radius 2 is 1.70 bits per heavy atom. The van der Waals surface area contributed by atoms with Crippen molar-refractivity contribution in [2.45, 2.75) is 0 Å². The molecule has 0 spiro atoms. The highest BCUT2D eigenvalue weighted by molar-refractivity contribution is 14.1. The molecular weight excluding hydrogens is 466 g/mol. The molecule has 0 aliphatic rings. The molecule has 0 unspecified atom stereocenters. The normalized spacial score (nSPS) is 10.5. The number of hydrogen-bond acceptors (Lipinski definition) is 5. The highest BCUT2D eigenvalue weighted by Crippen LogP contribution is 2.31. The van der Waals surface area contributed by atoms with Crippen LogP contribution in [0.5, 0.6) is 0 Å². The predicted octanol–water partition coefficient (Wildman–Crippen LogP) is 3.86. The Morgan fingerprint density at radius 3 is 2.33 bits per heavy atom. The fourth-order valence-corrected chi connectivity index (χ4v) is 3.11. The molecule has 1 heterocycles. The lowest BCUT2D eigenvalue weighted by molar-refractivity contribution is 0.0549. The van der Waals surface area contributed by atoms with Gasteiger partial charge in [0, 0.05) is 9.13 Å². The van der Waals surface area contributed by atoms with Crippen LogP contribution in [0.2, 0.25) is 0 Å². The SMILES string of the molecule is COC(=O)c1c(-c2cc(I)ccc2F)nn(-c2ccccc2)c1C(=O)OC. The van der Waals surface area contributed by atoms with Crippen LogP contribution in [0.25, 0.3) is 16.9 Å². The maximum Gasteiger partial charge on any atom is 0.357 e. The summed E-state index contributed by atoms with van der Waals surface area (Å²) in [4.78, 5) is 24.9. The van der Waals surface area contributed by atoms with Crippen LogP contribution >= 0.6 is 22.6 Å². The van der Waals surface area contributed by atoms with Gasteiger partial charge in [0.25, 0.3) is 0 Å². The molecule has 0 saturated heterocycles. The minimum absolute atomic E-state index is 0.00196. The van der Waals surface area contributed by atoms with Crippen LogP contribution in [0.15, 0.2) is 48.5 Å². The van der Waals surface area contributed by atoms with Crippen molar-refractivity contribution in [1.82, 2.24) is 9.78 Å². The molecule has 0 aliphatic carbocycles. The number of aromatic nitrogens is 2. The molecule has 0 atom stereocenters. The van der Waals surface area contributed by atoms with E-state index in [0.717, 1.165) is 3.57 Å². The fourth-order valence-electron chi connectivity index (χ4n) is 2.62. The van der Waals surface area contributed by atoms with E-state index in [1.165, 1.54) is 25.0 Å². The molecule has 3 rings (SSSR count). The number of carbonyl (C=O) groups excluding carboxylic acids is 2. The van der Waals surface area contributed by atoms with Crippen LogP contribution in [0, 0.1) is 9.39 Å². The molecule has 0 amide bonds. The molecule has 0 radical (unpaired) electrons. The smallest absolute Gasteiger partial charge is 0.357 e. The Morgan fingerprint density at radius 1 is 1.04 bits per heavy atom. The van der Waals surface area contributed by atoms with Gasteiger partial charge in [-0.05, 0) is 52.9 Å². The molecule has 27 heavy (non-hydrogen) atoms. The molecule has 138 valence electrons. The number of ether oxygens (including phenoxy) is 2. The zero-order chi connectivity index (χ0) is 19.6. The zero-order valence-corrected chi connectivity index (χ0v) is 16.6. The average Bonchev–Trinajstić information content (AvgIpc) is 3.09. The van der Waals surface area contributed by atoms with Crippen molar-refractivity contribution < 1.29 is 23.5 Å². The van der Waals surface area contributed by atoms with E-state index in [1.807, 2.05) is 22.6 Å². The van der Waals surface area contributed by atoms with Crippen molar-refractivity contribution in [3.8, 4) is 16.9 Å². The van der Waals surface area contributed by atoms with Crippen molar-refractivity contribution in [1.29, 1.82) is 0 Å². The summed E-state index contributed by atoms with van der Waals surface area (Å²) >= 11 is 2.03. The number of rotatable bonds is 4. The quantitative estimate of drug-likeness (QED) is 0.419. The van der Waals surface area contributed by atoms with Crippen molar-refractivity contribution in [3.63, 3.8) is 0 Å². The Labute approximate surface area is 168 Å². The number of para-hydroxylation sites is 1. The van der Waals surface area contributed by atoms with E-state index in [-0.39, 0.29) is 22.5 Å². The lowest BCUT2D eigenvalue weighted by Crippen LogP contribution is -2.15. The van der Waals surface area contributed by atoms with Crippen LogP contribution in [0.4, 0.5) is 4.39 Å². The Hall–Kier alpha value is -2.75. The van der Waals surface area contributed by atoms with Crippen molar-refractivity contribution in [2.24, 2.45) is 0 Å². The lowest BCUT2D eigenvalue weighted by atomic mass is 10.1. The minimum Gasteiger partial charge on any atom is -0.465 e. The first-order valence-corrected chi connectivity index (χ1v) is 8.86. The molecule has 3 aromatic rings. The third kappa shape index (κ3) is 3.57. The number of nitrogens with zero attached hydrogens (tertiary/aromatic N) is 2. The molecule has 1 aromatic heterocycles. The van der Waals surface area contributed by atoms with Crippen LogP contribution in [-0.4, -0.2) is 35.9 Å². The van der Waals surface area contributed by atoms with Gasteiger partial charge in [-0.1, -0.05) is 18.2 Å². The third-order valence-corrected chi connectivity index (χ3v) is 4.51. The van der Waals surface area contributed by atoms with E-state index in [2.05, 4.69) is 5.10 Å². The topological polar surface area (TPSA) is 70.4 Å². The van der Waals surface area contributed by atoms with E-state index in [4.69, 9.17) is 9.47 Å². The van der Waals surface area contributed by atoms with Crippen LogP contribution < -0.4 is 0 Å². The Bertz CT molecular complexity index is 1020. The Kier molecular flexibility index (Phi) is 5.54. The van der Waals surface area contributed by atoms with E-state index in [0.29, 0.717) is 5.69 Å². The van der Waals surface area contributed by atoms with Crippen LogP contribution in [0.1, 0.15) is 20.8 Å². The first kappa shape index (κ1) is 19.0. The van der Waals surface area contributed by atoms with Crippen LogP contribution in [0.3, 0.4) is 0 Å². The van der Waals surface area contributed by atoms with E-state index in [9.17, 15) is 14.0 Å². The van der Waals surface area contributed by atoms with Crippen molar-refractivity contribution in [3.05, 3.63) is 69.2 Å². The third-order valence-electron chi connectivity index (χ3n) is 3.84. The maximum absolute atomic E-state index is 14.5. The summed E-state index contributed by atoms with van der Waals surface area (Å²) < 4.78 is 26.2. The van der Waals surface area contributed by atoms with Gasteiger partial charge in [0.2, 0.25) is 0 Å². The summed E-state index contributed by atoms with van der Waals surface area (Å²) in [5, 5.41) is 4.36. The number of benzene rings is 2. The molecule has 2 aromatic carbocycles. The lowest BCUT2D eigenvalue weighted by Gasteiger charge is -2.07. The number of esters is 2. The summed E-state index contributed by atoms with van der Waals surface area (Å²) in [5.74, 6) is -2.18. The summed E-state index contributed by atoms with van der Waals surface area (Å²) in [5.41, 5.74) is 0.308. The number of methoxy groups -OCH3 is 2. The van der Waals surface area contributed by atoms with Gasteiger partial charge < -0.3 is 9.47 Å². The molecule has 6 nitrogen and oxygen atoms in total. The van der Waals surface area contributed by atoms with Gasteiger partial charge in [-0.15, -0.1) is 0 Å². The Balaban J connectivity index is 2.40. The standard InChI is InChI=1S/C19H14FIN2O4/c1-26-18(24)15-16(13-10-11(21)8-9-14(13)20)22-23(17(15)19(25)27-2)12-6-4-3-5-7-12/h3-10H,1-2H3. The first-order chi connectivity index (χ1) is 13.0. The second kappa shape index (κ2) is 7.87. The minimum atomic E-state index is -0.814. The van der Waals surface area contributed by atoms with Gasteiger partial charge >= 0.3 is 11.9 Å². The highest BCUT2D eigenvalue weighted by atomic mass is 127. The van der Waals surface area contributed by atoms with E-state index >= 15 is 0 Å². The van der Waals surface area contributed by atoms with Gasteiger partial charge in [-0.25, -0.2) is 18.7 Å². The number of carbonyl (C=O) groups is 2.